The molecule has 1 aliphatic carbocycles. The molecule has 0 N–H and O–H groups in total. The molecule has 32 heavy (non-hydrogen) atoms. The Morgan fingerprint density at radius 1 is 1.16 bits per heavy atom. The number of aryl methyl sites for hydroxylation is 1. The summed E-state index contributed by atoms with van der Waals surface area (Å²) in [6.07, 6.45) is 1.40. The number of benzene rings is 1. The predicted octanol–water partition coefficient (Wildman–Crippen LogP) is 4.31. The molecule has 0 amide bonds. The number of rotatable bonds is 6. The predicted molar refractivity (Wildman–Crippen MR) is 117 cm³/mol. The first-order valence-corrected chi connectivity index (χ1v) is 11.1. The fourth-order valence-electron chi connectivity index (χ4n) is 4.94. The first-order valence-electron chi connectivity index (χ1n) is 11.1. The highest BCUT2D eigenvalue weighted by atomic mass is 16.6. The average molecular weight is 443 g/mol. The molecule has 0 radical (unpaired) electrons. The zero-order valence-corrected chi connectivity index (χ0v) is 19.5. The summed E-state index contributed by atoms with van der Waals surface area (Å²) < 4.78 is 23.3. The van der Waals surface area contributed by atoms with Crippen molar-refractivity contribution in [3.63, 3.8) is 0 Å². The fraction of sp³-hybridized carbons (Fsp3) is 0.560. The van der Waals surface area contributed by atoms with Gasteiger partial charge in [0.1, 0.15) is 23.7 Å². The van der Waals surface area contributed by atoms with Crippen molar-refractivity contribution in [1.82, 2.24) is 0 Å². The smallest absolute Gasteiger partial charge is 0.351 e. The van der Waals surface area contributed by atoms with Crippen molar-refractivity contribution in [3.8, 4) is 5.75 Å². The molecule has 2 bridgehead atoms. The van der Waals surface area contributed by atoms with E-state index in [4.69, 9.17) is 18.6 Å². The number of ether oxygens (including phenoxy) is 3. The summed E-state index contributed by atoms with van der Waals surface area (Å²) >= 11 is 0. The summed E-state index contributed by atoms with van der Waals surface area (Å²) in [5, 5.41) is 0.392. The van der Waals surface area contributed by atoms with Crippen molar-refractivity contribution in [3.05, 3.63) is 39.7 Å². The Kier molecular flexibility index (Phi) is 5.14. The largest absolute Gasteiger partial charge is 0.490 e. The van der Waals surface area contributed by atoms with Crippen LogP contribution < -0.4 is 10.2 Å². The highest BCUT2D eigenvalue weighted by Crippen LogP contribution is 2.65. The highest BCUT2D eigenvalue weighted by Gasteiger charge is 2.76. The molecule has 172 valence electrons. The minimum atomic E-state index is -1.32. The molecular formula is C25H30O7. The lowest BCUT2D eigenvalue weighted by molar-refractivity contribution is -0.184. The molecule has 4 rings (SSSR count). The molecule has 1 aromatic carbocycles. The summed E-state index contributed by atoms with van der Waals surface area (Å²) in [6.45, 7) is 11.1. The minimum absolute atomic E-state index is 0.133. The molecular weight excluding hydrogens is 412 g/mol. The van der Waals surface area contributed by atoms with Crippen LogP contribution >= 0.6 is 0 Å². The highest BCUT2D eigenvalue weighted by molar-refractivity contribution is 5.93. The van der Waals surface area contributed by atoms with E-state index in [1.165, 1.54) is 6.07 Å². The first kappa shape index (κ1) is 22.4. The van der Waals surface area contributed by atoms with Gasteiger partial charge >= 0.3 is 11.9 Å². The van der Waals surface area contributed by atoms with Crippen LogP contribution in [0.5, 0.6) is 5.75 Å². The number of esters is 2. The molecule has 2 heterocycles. The Morgan fingerprint density at radius 2 is 1.88 bits per heavy atom. The second kappa shape index (κ2) is 7.36. The molecule has 7 nitrogen and oxygen atoms in total. The van der Waals surface area contributed by atoms with E-state index in [1.807, 2.05) is 41.5 Å². The molecule has 1 saturated carbocycles. The Hall–Kier alpha value is -2.83. The second-order valence-corrected chi connectivity index (χ2v) is 9.77. The van der Waals surface area contributed by atoms with E-state index in [1.54, 1.807) is 12.1 Å². The lowest BCUT2D eigenvalue weighted by Crippen LogP contribution is -2.48. The standard InChI is InChI=1S/C25H30O7/c1-7-15-12-18(26)16-8-9-19(30-14(2)3)17(20(16)31-15)13-29-22(28)25-11-10-24(6,21(27)32-25)23(25,4)5/h8-9,12,14H,7,10-11,13H2,1-6H3/t24-,25+/m0/s1. The Balaban J connectivity index is 1.73. The normalized spacial score (nSPS) is 25.9. The molecule has 7 heteroatoms. The van der Waals surface area contributed by atoms with Gasteiger partial charge in [-0.1, -0.05) is 20.8 Å². The summed E-state index contributed by atoms with van der Waals surface area (Å²) in [6, 6.07) is 4.82. The van der Waals surface area contributed by atoms with Crippen LogP contribution in [-0.2, 0) is 32.1 Å². The molecule has 1 aliphatic heterocycles. The van der Waals surface area contributed by atoms with Crippen molar-refractivity contribution in [2.75, 3.05) is 0 Å². The lowest BCUT2D eigenvalue weighted by atomic mass is 9.66. The number of hydrogen-bond donors (Lipinski definition) is 0. The van der Waals surface area contributed by atoms with Crippen molar-refractivity contribution in [2.24, 2.45) is 10.8 Å². The van der Waals surface area contributed by atoms with Gasteiger partial charge in [0.2, 0.25) is 5.60 Å². The van der Waals surface area contributed by atoms with E-state index < -0.39 is 22.4 Å². The van der Waals surface area contributed by atoms with Gasteiger partial charge in [0.25, 0.3) is 0 Å². The number of hydrogen-bond acceptors (Lipinski definition) is 7. The topological polar surface area (TPSA) is 92.0 Å². The maximum absolute atomic E-state index is 13.3. The Labute approximate surface area is 187 Å². The third-order valence-corrected chi connectivity index (χ3v) is 7.48. The molecule has 1 saturated heterocycles. The maximum Gasteiger partial charge on any atom is 0.351 e. The summed E-state index contributed by atoms with van der Waals surface area (Å²) in [7, 11) is 0. The third-order valence-electron chi connectivity index (χ3n) is 7.48. The quantitative estimate of drug-likeness (QED) is 0.616. The van der Waals surface area contributed by atoms with Crippen LogP contribution in [0.1, 0.15) is 65.7 Å². The van der Waals surface area contributed by atoms with Gasteiger partial charge in [0.15, 0.2) is 5.43 Å². The fourth-order valence-corrected chi connectivity index (χ4v) is 4.94. The van der Waals surface area contributed by atoms with Gasteiger partial charge in [-0.2, -0.15) is 0 Å². The van der Waals surface area contributed by atoms with Crippen LogP contribution in [0.3, 0.4) is 0 Å². The summed E-state index contributed by atoms with van der Waals surface area (Å²) in [5.74, 6) is 0.0674. The van der Waals surface area contributed by atoms with Gasteiger partial charge in [0.05, 0.1) is 22.5 Å². The molecule has 2 aromatic rings. The number of fused-ring (bicyclic) bond motifs is 3. The number of carbonyl (C=O) groups excluding carboxylic acids is 2. The third kappa shape index (κ3) is 2.97. The van der Waals surface area contributed by atoms with Crippen molar-refractivity contribution in [2.45, 2.75) is 79.1 Å². The zero-order valence-electron chi connectivity index (χ0n) is 19.5. The molecule has 0 unspecified atom stereocenters. The average Bonchev–Trinajstić information content (AvgIpc) is 3.02. The van der Waals surface area contributed by atoms with E-state index in [0.717, 1.165) is 0 Å². The minimum Gasteiger partial charge on any atom is -0.490 e. The Morgan fingerprint density at radius 3 is 2.44 bits per heavy atom. The van der Waals surface area contributed by atoms with Crippen LogP contribution in [-0.4, -0.2) is 23.6 Å². The van der Waals surface area contributed by atoms with Gasteiger partial charge in [-0.05, 0) is 45.7 Å². The zero-order chi connectivity index (χ0) is 23.5. The van der Waals surface area contributed by atoms with Crippen molar-refractivity contribution < 1.29 is 28.2 Å². The van der Waals surface area contributed by atoms with Gasteiger partial charge in [-0.3, -0.25) is 9.59 Å². The van der Waals surface area contributed by atoms with Crippen LogP contribution in [0.4, 0.5) is 0 Å². The maximum atomic E-state index is 13.3. The SMILES string of the molecule is CCc1cc(=O)c2ccc(OC(C)C)c(COC(=O)[C@@]34CC[C@@](C)(C(=O)O3)C4(C)C)c2o1. The van der Waals surface area contributed by atoms with E-state index in [0.29, 0.717) is 47.3 Å². The van der Waals surface area contributed by atoms with E-state index in [2.05, 4.69) is 0 Å². The van der Waals surface area contributed by atoms with Gasteiger partial charge in [-0.25, -0.2) is 4.79 Å². The van der Waals surface area contributed by atoms with Crippen LogP contribution in [0, 0.1) is 10.8 Å². The molecule has 2 atom stereocenters. The van der Waals surface area contributed by atoms with Crippen LogP contribution in [0.2, 0.25) is 0 Å². The van der Waals surface area contributed by atoms with Crippen LogP contribution in [0.15, 0.2) is 27.4 Å². The molecule has 1 aromatic heterocycles. The van der Waals surface area contributed by atoms with Crippen molar-refractivity contribution >= 4 is 22.9 Å². The molecule has 2 aliphatic rings. The monoisotopic (exact) mass is 442 g/mol. The van der Waals surface area contributed by atoms with E-state index >= 15 is 0 Å². The van der Waals surface area contributed by atoms with Gasteiger partial charge in [-0.15, -0.1) is 0 Å². The summed E-state index contributed by atoms with van der Waals surface area (Å²) in [4.78, 5) is 38.4. The van der Waals surface area contributed by atoms with Crippen molar-refractivity contribution in [1.29, 1.82) is 0 Å². The van der Waals surface area contributed by atoms with Gasteiger partial charge < -0.3 is 18.6 Å². The van der Waals surface area contributed by atoms with Gasteiger partial charge in [0, 0.05) is 17.9 Å². The summed E-state index contributed by atoms with van der Waals surface area (Å²) in [5.41, 5.74) is -2.08. The number of carbonyl (C=O) groups is 2. The lowest BCUT2D eigenvalue weighted by Gasteiger charge is -2.34. The van der Waals surface area contributed by atoms with E-state index in [9.17, 15) is 14.4 Å². The first-order chi connectivity index (χ1) is 15.0. The van der Waals surface area contributed by atoms with Crippen LogP contribution in [0.25, 0.3) is 11.0 Å². The Bertz CT molecular complexity index is 1160. The molecule has 0 spiro atoms. The second-order valence-electron chi connectivity index (χ2n) is 9.77. The molecule has 2 fully saturated rings. The van der Waals surface area contributed by atoms with E-state index in [-0.39, 0.29) is 24.1 Å².